The van der Waals surface area contributed by atoms with E-state index < -0.39 is 12.1 Å². The monoisotopic (exact) mass is 986 g/mol. The van der Waals surface area contributed by atoms with E-state index in [1.807, 2.05) is 6.08 Å². The molecule has 0 radical (unpaired) electrons. The van der Waals surface area contributed by atoms with Gasteiger partial charge in [-0.15, -0.1) is 0 Å². The van der Waals surface area contributed by atoms with Gasteiger partial charge in [-0.05, 0) is 57.8 Å². The van der Waals surface area contributed by atoms with Crippen LogP contribution in [0.25, 0.3) is 0 Å². The molecule has 0 saturated heterocycles. The lowest BCUT2D eigenvalue weighted by Gasteiger charge is -2.20. The topological polar surface area (TPSA) is 95.9 Å². The zero-order valence-corrected chi connectivity index (χ0v) is 47.3. The summed E-state index contributed by atoms with van der Waals surface area (Å²) in [5, 5.41) is 23.1. The second kappa shape index (κ2) is 59.9. The van der Waals surface area contributed by atoms with Crippen LogP contribution in [0.3, 0.4) is 0 Å². The van der Waals surface area contributed by atoms with Gasteiger partial charge in [0.2, 0.25) is 5.91 Å². The molecular formula is C64H123NO5. The van der Waals surface area contributed by atoms with E-state index in [1.54, 1.807) is 6.08 Å². The highest BCUT2D eigenvalue weighted by atomic mass is 16.5. The van der Waals surface area contributed by atoms with Crippen molar-refractivity contribution in [3.05, 3.63) is 24.3 Å². The molecule has 0 heterocycles. The minimum atomic E-state index is -0.842. The Kier molecular flexibility index (Phi) is 58.5. The van der Waals surface area contributed by atoms with Gasteiger partial charge in [0.1, 0.15) is 0 Å². The third-order valence-electron chi connectivity index (χ3n) is 14.7. The normalized spacial score (nSPS) is 12.7. The van der Waals surface area contributed by atoms with Crippen LogP contribution in [0.2, 0.25) is 0 Å². The Labute approximate surface area is 437 Å². The number of hydrogen-bond acceptors (Lipinski definition) is 5. The molecule has 0 aliphatic carbocycles. The Morgan fingerprint density at radius 3 is 1.01 bits per heavy atom. The van der Waals surface area contributed by atoms with Gasteiger partial charge < -0.3 is 20.3 Å². The van der Waals surface area contributed by atoms with Gasteiger partial charge in [0.25, 0.3) is 0 Å². The average molecular weight is 987 g/mol. The lowest BCUT2D eigenvalue weighted by molar-refractivity contribution is -0.143. The minimum absolute atomic E-state index is 0.00767. The summed E-state index contributed by atoms with van der Waals surface area (Å²) in [6.07, 6.45) is 73.7. The highest BCUT2D eigenvalue weighted by Crippen LogP contribution is 2.18. The molecule has 0 aliphatic rings. The van der Waals surface area contributed by atoms with Gasteiger partial charge in [-0.3, -0.25) is 9.59 Å². The van der Waals surface area contributed by atoms with Crippen LogP contribution in [-0.2, 0) is 14.3 Å². The van der Waals surface area contributed by atoms with Crippen LogP contribution in [0.5, 0.6) is 0 Å². The molecule has 0 aromatic rings. The lowest BCUT2D eigenvalue weighted by Crippen LogP contribution is -2.45. The molecule has 2 atom stereocenters. The molecule has 3 N–H and O–H groups in total. The third kappa shape index (κ3) is 55.7. The van der Waals surface area contributed by atoms with Crippen LogP contribution in [0.1, 0.15) is 348 Å². The standard InChI is InChI=1S/C64H123NO5/c1-3-5-7-9-11-13-15-17-32-36-40-44-48-52-56-62(67)61(60-66)65-63(68)57-53-49-45-41-37-33-30-28-26-24-22-20-19-21-23-25-27-29-31-35-39-43-47-51-55-59-70-64(69)58-54-50-46-42-38-34-18-16-14-12-10-8-6-4-2/h16,18,52,56,61-62,66-67H,3-15,17,19-51,53-55,57-60H2,1-2H3,(H,65,68)/b18-16-,56-52+. The molecule has 0 saturated carbocycles. The Bertz CT molecular complexity index is 1090. The molecular weight excluding hydrogens is 863 g/mol. The summed E-state index contributed by atoms with van der Waals surface area (Å²) in [6, 6.07) is -0.626. The minimum Gasteiger partial charge on any atom is -0.466 e. The second-order valence-electron chi connectivity index (χ2n) is 21.7. The first-order valence-corrected chi connectivity index (χ1v) is 31.6. The summed E-state index contributed by atoms with van der Waals surface area (Å²) in [5.74, 6) is -0.0572. The van der Waals surface area contributed by atoms with Crippen LogP contribution in [0.4, 0.5) is 0 Å². The predicted molar refractivity (Wildman–Crippen MR) is 306 cm³/mol. The van der Waals surface area contributed by atoms with Crippen molar-refractivity contribution in [2.75, 3.05) is 13.2 Å². The van der Waals surface area contributed by atoms with E-state index >= 15 is 0 Å². The number of esters is 1. The lowest BCUT2D eigenvalue weighted by atomic mass is 10.0. The average Bonchev–Trinajstić information content (AvgIpc) is 3.36. The Balaban J connectivity index is 3.37. The number of amides is 1. The molecule has 0 spiro atoms. The summed E-state index contributed by atoms with van der Waals surface area (Å²) in [5.41, 5.74) is 0. The highest BCUT2D eigenvalue weighted by molar-refractivity contribution is 5.76. The number of carbonyl (C=O) groups is 2. The number of allylic oxidation sites excluding steroid dienone is 3. The summed E-state index contributed by atoms with van der Waals surface area (Å²) < 4.78 is 5.48. The molecule has 70 heavy (non-hydrogen) atoms. The molecule has 0 aliphatic heterocycles. The first-order chi connectivity index (χ1) is 34.5. The Morgan fingerprint density at radius 1 is 0.386 bits per heavy atom. The molecule has 0 bridgehead atoms. The maximum atomic E-state index is 12.5. The van der Waals surface area contributed by atoms with E-state index in [0.717, 1.165) is 44.9 Å². The van der Waals surface area contributed by atoms with Gasteiger partial charge in [-0.2, -0.15) is 0 Å². The fourth-order valence-electron chi connectivity index (χ4n) is 9.87. The second-order valence-corrected chi connectivity index (χ2v) is 21.7. The summed E-state index contributed by atoms with van der Waals surface area (Å²) in [4.78, 5) is 24.5. The number of unbranched alkanes of at least 4 members (excludes halogenated alkanes) is 46. The first kappa shape index (κ1) is 68.3. The fraction of sp³-hybridized carbons (Fsp3) is 0.906. The van der Waals surface area contributed by atoms with E-state index in [-0.39, 0.29) is 18.5 Å². The van der Waals surface area contributed by atoms with Crippen molar-refractivity contribution in [2.45, 2.75) is 360 Å². The van der Waals surface area contributed by atoms with Gasteiger partial charge in [0, 0.05) is 12.8 Å². The highest BCUT2D eigenvalue weighted by Gasteiger charge is 2.18. The van der Waals surface area contributed by atoms with Crippen LogP contribution >= 0.6 is 0 Å². The molecule has 414 valence electrons. The fourth-order valence-corrected chi connectivity index (χ4v) is 9.87. The van der Waals surface area contributed by atoms with Crippen molar-refractivity contribution >= 4 is 11.9 Å². The van der Waals surface area contributed by atoms with Crippen LogP contribution < -0.4 is 5.32 Å². The zero-order chi connectivity index (χ0) is 50.7. The molecule has 0 fully saturated rings. The van der Waals surface area contributed by atoms with Crippen molar-refractivity contribution in [1.29, 1.82) is 0 Å². The molecule has 1 amide bonds. The van der Waals surface area contributed by atoms with Gasteiger partial charge in [-0.25, -0.2) is 0 Å². The number of rotatable bonds is 59. The summed E-state index contributed by atoms with van der Waals surface area (Å²) >= 11 is 0. The number of carbonyl (C=O) groups excluding carboxylic acids is 2. The van der Waals surface area contributed by atoms with E-state index in [1.165, 1.54) is 276 Å². The van der Waals surface area contributed by atoms with Crippen molar-refractivity contribution in [3.63, 3.8) is 0 Å². The molecule has 0 aromatic carbocycles. The van der Waals surface area contributed by atoms with Gasteiger partial charge >= 0.3 is 5.97 Å². The Morgan fingerprint density at radius 2 is 0.671 bits per heavy atom. The molecule has 6 nitrogen and oxygen atoms in total. The number of aliphatic hydroxyl groups is 2. The molecule has 2 unspecified atom stereocenters. The van der Waals surface area contributed by atoms with E-state index in [0.29, 0.717) is 19.4 Å². The van der Waals surface area contributed by atoms with Crippen molar-refractivity contribution in [1.82, 2.24) is 5.32 Å². The Hall–Kier alpha value is -1.66. The molecule has 6 heteroatoms. The number of hydrogen-bond donors (Lipinski definition) is 3. The number of ether oxygens (including phenoxy) is 1. The van der Waals surface area contributed by atoms with Crippen molar-refractivity contribution < 1.29 is 24.5 Å². The van der Waals surface area contributed by atoms with Crippen LogP contribution in [0.15, 0.2) is 24.3 Å². The largest absolute Gasteiger partial charge is 0.466 e. The third-order valence-corrected chi connectivity index (χ3v) is 14.7. The zero-order valence-electron chi connectivity index (χ0n) is 47.3. The summed E-state index contributed by atoms with van der Waals surface area (Å²) in [6.45, 7) is 4.91. The summed E-state index contributed by atoms with van der Waals surface area (Å²) in [7, 11) is 0. The quantitative estimate of drug-likeness (QED) is 0.0321. The first-order valence-electron chi connectivity index (χ1n) is 31.6. The number of aliphatic hydroxyl groups excluding tert-OH is 2. The van der Waals surface area contributed by atoms with Gasteiger partial charge in [-0.1, -0.05) is 301 Å². The smallest absolute Gasteiger partial charge is 0.305 e. The van der Waals surface area contributed by atoms with Crippen LogP contribution in [0, 0.1) is 0 Å². The van der Waals surface area contributed by atoms with E-state index in [4.69, 9.17) is 4.74 Å². The van der Waals surface area contributed by atoms with Crippen molar-refractivity contribution in [3.8, 4) is 0 Å². The predicted octanol–water partition coefficient (Wildman–Crippen LogP) is 19.8. The maximum absolute atomic E-state index is 12.5. The molecule has 0 rings (SSSR count). The van der Waals surface area contributed by atoms with Gasteiger partial charge in [0.15, 0.2) is 0 Å². The van der Waals surface area contributed by atoms with E-state index in [2.05, 4.69) is 31.3 Å². The maximum Gasteiger partial charge on any atom is 0.305 e. The van der Waals surface area contributed by atoms with E-state index in [9.17, 15) is 19.8 Å². The van der Waals surface area contributed by atoms with Crippen LogP contribution in [-0.4, -0.2) is 47.4 Å². The van der Waals surface area contributed by atoms with Crippen molar-refractivity contribution in [2.24, 2.45) is 0 Å². The van der Waals surface area contributed by atoms with Gasteiger partial charge in [0.05, 0.1) is 25.4 Å². The SMILES string of the molecule is CCCCCCC/C=C\CCCCCCCC(=O)OCCCCCCCCCCCCCCCCCCCCCCCCCCCC(=O)NC(CO)C(O)/C=C/CCCCCCCCCCCCCC. The number of nitrogens with one attached hydrogen (secondary N) is 1. The molecule has 0 aromatic heterocycles.